The fourth-order valence-electron chi connectivity index (χ4n) is 3.01. The molecular formula is C16H23N7O2S. The van der Waals surface area contributed by atoms with Crippen LogP contribution in [0.4, 0.5) is 11.9 Å². The molecule has 0 aromatic carbocycles. The van der Waals surface area contributed by atoms with Crippen molar-refractivity contribution < 1.29 is 8.42 Å². The van der Waals surface area contributed by atoms with Gasteiger partial charge in [-0.05, 0) is 19.4 Å². The molecule has 2 aromatic heterocycles. The van der Waals surface area contributed by atoms with Crippen LogP contribution in [0.5, 0.6) is 0 Å². The van der Waals surface area contributed by atoms with Crippen LogP contribution in [-0.4, -0.2) is 54.7 Å². The van der Waals surface area contributed by atoms with E-state index in [4.69, 9.17) is 5.73 Å². The summed E-state index contributed by atoms with van der Waals surface area (Å²) in [6.07, 6.45) is 7.80. The maximum Gasteiger partial charge on any atom is 0.225 e. The number of piperidine rings is 1. The molecule has 0 aliphatic carbocycles. The molecule has 3 rings (SSSR count). The summed E-state index contributed by atoms with van der Waals surface area (Å²) in [5.41, 5.74) is 6.95. The van der Waals surface area contributed by atoms with Gasteiger partial charge in [-0.15, -0.1) is 0 Å². The average molecular weight is 377 g/mol. The minimum absolute atomic E-state index is 0.0588. The Hall–Kier alpha value is -2.33. The molecule has 1 fully saturated rings. The number of hydrogen-bond donors (Lipinski definition) is 2. The largest absolute Gasteiger partial charge is 0.368 e. The van der Waals surface area contributed by atoms with Crippen LogP contribution < -0.4 is 16.0 Å². The second-order valence-electron chi connectivity index (χ2n) is 6.54. The molecule has 1 saturated heterocycles. The number of nitrogens with zero attached hydrogens (tertiary/aromatic N) is 5. The number of sulfone groups is 1. The molecule has 0 radical (unpaired) electrons. The van der Waals surface area contributed by atoms with E-state index in [1.54, 1.807) is 12.4 Å². The number of rotatable bonds is 5. The van der Waals surface area contributed by atoms with Crippen molar-refractivity contribution in [2.45, 2.75) is 30.2 Å². The van der Waals surface area contributed by atoms with Crippen LogP contribution in [0.1, 0.15) is 30.0 Å². The number of anilines is 2. The molecule has 1 atom stereocenters. The van der Waals surface area contributed by atoms with E-state index >= 15 is 0 Å². The lowest BCUT2D eigenvalue weighted by molar-refractivity contribution is 0.447. The van der Waals surface area contributed by atoms with E-state index < -0.39 is 9.84 Å². The Balaban J connectivity index is 1.91. The van der Waals surface area contributed by atoms with Crippen molar-refractivity contribution >= 4 is 21.7 Å². The molecule has 1 aliphatic heterocycles. The van der Waals surface area contributed by atoms with E-state index in [-0.39, 0.29) is 16.8 Å². The van der Waals surface area contributed by atoms with Crippen molar-refractivity contribution in [3.8, 4) is 0 Å². The normalized spacial score (nSPS) is 17.8. The summed E-state index contributed by atoms with van der Waals surface area (Å²) in [7, 11) is -1.55. The minimum Gasteiger partial charge on any atom is -0.368 e. The summed E-state index contributed by atoms with van der Waals surface area (Å²) < 4.78 is 24.3. The molecule has 3 heterocycles. The molecule has 3 N–H and O–H groups in total. The van der Waals surface area contributed by atoms with Crippen LogP contribution in [0.25, 0.3) is 0 Å². The lowest BCUT2D eigenvalue weighted by Crippen LogP contribution is -2.30. The van der Waals surface area contributed by atoms with Crippen LogP contribution in [0.2, 0.25) is 0 Å². The first kappa shape index (κ1) is 18.5. The van der Waals surface area contributed by atoms with Gasteiger partial charge < -0.3 is 16.0 Å². The first-order valence-corrected chi connectivity index (χ1v) is 10.3. The fourth-order valence-corrected chi connectivity index (χ4v) is 3.85. The van der Waals surface area contributed by atoms with Crippen molar-refractivity contribution in [2.24, 2.45) is 0 Å². The molecule has 26 heavy (non-hydrogen) atoms. The van der Waals surface area contributed by atoms with Crippen LogP contribution in [-0.2, 0) is 16.4 Å². The molecule has 9 nitrogen and oxygen atoms in total. The van der Waals surface area contributed by atoms with Crippen LogP contribution in [0.3, 0.4) is 0 Å². The first-order valence-electron chi connectivity index (χ1n) is 8.40. The van der Waals surface area contributed by atoms with Gasteiger partial charge in [-0.1, -0.05) is 0 Å². The zero-order valence-corrected chi connectivity index (χ0v) is 15.7. The van der Waals surface area contributed by atoms with E-state index in [1.807, 2.05) is 11.9 Å². The summed E-state index contributed by atoms with van der Waals surface area (Å²) in [5, 5.41) is 3.31. The highest BCUT2D eigenvalue weighted by molar-refractivity contribution is 7.90. The van der Waals surface area contributed by atoms with Gasteiger partial charge in [0.15, 0.2) is 9.84 Å². The Bertz CT molecular complexity index is 865. The van der Waals surface area contributed by atoms with Gasteiger partial charge in [-0.3, -0.25) is 0 Å². The summed E-state index contributed by atoms with van der Waals surface area (Å²) in [4.78, 5) is 18.9. The highest BCUT2D eigenvalue weighted by Crippen LogP contribution is 2.28. The highest BCUT2D eigenvalue weighted by Gasteiger charge is 2.25. The molecular weight excluding hydrogens is 354 g/mol. The van der Waals surface area contributed by atoms with E-state index in [1.165, 1.54) is 12.5 Å². The van der Waals surface area contributed by atoms with Crippen molar-refractivity contribution in [3.63, 3.8) is 0 Å². The van der Waals surface area contributed by atoms with Crippen molar-refractivity contribution in [1.82, 2.24) is 25.3 Å². The molecule has 1 aliphatic rings. The SMILES string of the molecule is CN(Cc1cnc(N)nc1)c1ncc(S(C)(=O)=O)c([C@H]2CCCNC2)n1. The monoisotopic (exact) mass is 377 g/mol. The third-order valence-corrected chi connectivity index (χ3v) is 5.45. The molecule has 140 valence electrons. The Labute approximate surface area is 153 Å². The molecule has 0 unspecified atom stereocenters. The third kappa shape index (κ3) is 4.25. The standard InChI is InChI=1S/C16H23N7O2S/c1-23(10-11-6-19-15(17)20-7-11)16-21-9-13(26(2,24)25)14(22-16)12-4-3-5-18-8-12/h6-7,9,12,18H,3-5,8,10H2,1-2H3,(H2,17,19,20)/t12-/m0/s1. The van der Waals surface area contributed by atoms with Gasteiger partial charge in [0.25, 0.3) is 0 Å². The number of aromatic nitrogens is 4. The highest BCUT2D eigenvalue weighted by atomic mass is 32.2. The van der Waals surface area contributed by atoms with E-state index in [0.717, 1.165) is 24.9 Å². The average Bonchev–Trinajstić information content (AvgIpc) is 2.63. The lowest BCUT2D eigenvalue weighted by Gasteiger charge is -2.25. The first-order chi connectivity index (χ1) is 12.3. The Morgan fingerprint density at radius 3 is 2.62 bits per heavy atom. The maximum atomic E-state index is 12.2. The number of nitrogens with one attached hydrogen (secondary N) is 1. The smallest absolute Gasteiger partial charge is 0.225 e. The third-order valence-electron chi connectivity index (χ3n) is 4.34. The van der Waals surface area contributed by atoms with Gasteiger partial charge in [0, 0.05) is 50.3 Å². The predicted octanol–water partition coefficient (Wildman–Crippen LogP) is 0.356. The second-order valence-corrected chi connectivity index (χ2v) is 8.52. The maximum absolute atomic E-state index is 12.2. The molecule has 10 heteroatoms. The fraction of sp³-hybridized carbons (Fsp3) is 0.500. The summed E-state index contributed by atoms with van der Waals surface area (Å²) >= 11 is 0. The zero-order chi connectivity index (χ0) is 18.7. The van der Waals surface area contributed by atoms with Crippen molar-refractivity contribution in [1.29, 1.82) is 0 Å². The topological polar surface area (TPSA) is 127 Å². The van der Waals surface area contributed by atoms with E-state index in [0.29, 0.717) is 24.7 Å². The van der Waals surface area contributed by atoms with Gasteiger partial charge in [0.1, 0.15) is 4.90 Å². The van der Waals surface area contributed by atoms with E-state index in [9.17, 15) is 8.42 Å². The summed E-state index contributed by atoms with van der Waals surface area (Å²) in [6, 6.07) is 0. The second kappa shape index (κ2) is 7.50. The lowest BCUT2D eigenvalue weighted by atomic mass is 9.96. The van der Waals surface area contributed by atoms with E-state index in [2.05, 4.69) is 25.3 Å². The van der Waals surface area contributed by atoms with Crippen LogP contribution in [0, 0.1) is 0 Å². The minimum atomic E-state index is -3.39. The van der Waals surface area contributed by atoms with Gasteiger partial charge in [-0.25, -0.2) is 28.4 Å². The molecule has 0 spiro atoms. The summed E-state index contributed by atoms with van der Waals surface area (Å²) in [5.74, 6) is 0.746. The van der Waals surface area contributed by atoms with Crippen molar-refractivity contribution in [2.75, 3.05) is 37.0 Å². The summed E-state index contributed by atoms with van der Waals surface area (Å²) in [6.45, 7) is 2.15. The number of nitrogen functional groups attached to an aromatic ring is 1. The van der Waals surface area contributed by atoms with Crippen LogP contribution in [0.15, 0.2) is 23.5 Å². The van der Waals surface area contributed by atoms with Crippen LogP contribution >= 0.6 is 0 Å². The Kier molecular flexibility index (Phi) is 5.33. The number of nitrogens with two attached hydrogens (primary N) is 1. The van der Waals surface area contributed by atoms with Gasteiger partial charge in [-0.2, -0.15) is 0 Å². The van der Waals surface area contributed by atoms with Crippen molar-refractivity contribution in [3.05, 3.63) is 29.8 Å². The zero-order valence-electron chi connectivity index (χ0n) is 14.9. The Morgan fingerprint density at radius 1 is 1.27 bits per heavy atom. The molecule has 2 aromatic rings. The quantitative estimate of drug-likeness (QED) is 0.759. The van der Waals surface area contributed by atoms with Gasteiger partial charge in [0.05, 0.1) is 11.9 Å². The van der Waals surface area contributed by atoms with Gasteiger partial charge >= 0.3 is 0 Å². The molecule has 0 bridgehead atoms. The Morgan fingerprint density at radius 2 is 2.00 bits per heavy atom. The van der Waals surface area contributed by atoms with Gasteiger partial charge in [0.2, 0.25) is 11.9 Å². The number of hydrogen-bond acceptors (Lipinski definition) is 9. The predicted molar refractivity (Wildman–Crippen MR) is 98.5 cm³/mol. The molecule has 0 amide bonds. The molecule has 0 saturated carbocycles.